The van der Waals surface area contributed by atoms with Gasteiger partial charge in [-0.1, -0.05) is 42.0 Å². The van der Waals surface area contributed by atoms with Crippen LogP contribution in [0.2, 0.25) is 0 Å². The van der Waals surface area contributed by atoms with Gasteiger partial charge in [-0.15, -0.1) is 24.0 Å². The van der Waals surface area contributed by atoms with Crippen molar-refractivity contribution in [2.75, 3.05) is 46.0 Å². The van der Waals surface area contributed by atoms with Crippen LogP contribution in [0.3, 0.4) is 0 Å². The predicted molar refractivity (Wildman–Crippen MR) is 137 cm³/mol. The molecule has 2 N–H and O–H groups in total. The first-order valence-corrected chi connectivity index (χ1v) is 10.8. The zero-order valence-corrected chi connectivity index (χ0v) is 20.9. The van der Waals surface area contributed by atoms with E-state index in [1.165, 1.54) is 16.7 Å². The van der Waals surface area contributed by atoms with E-state index in [0.29, 0.717) is 19.7 Å². The van der Waals surface area contributed by atoms with E-state index in [1.54, 1.807) is 0 Å². The minimum atomic E-state index is 0. The molecule has 0 aromatic heterocycles. The number of ether oxygens (including phenoxy) is 2. The van der Waals surface area contributed by atoms with Gasteiger partial charge in [-0.25, -0.2) is 4.99 Å². The fraction of sp³-hybridized carbons (Fsp3) is 0.458. The molecule has 0 spiro atoms. The molecule has 0 amide bonds. The number of morpholine rings is 1. The van der Waals surface area contributed by atoms with Gasteiger partial charge in [0, 0.05) is 32.7 Å². The molecule has 3 rings (SSSR count). The topological polar surface area (TPSA) is 58.1 Å². The minimum Gasteiger partial charge on any atom is -0.492 e. The number of halogens is 1. The highest BCUT2D eigenvalue weighted by Gasteiger charge is 2.09. The van der Waals surface area contributed by atoms with Crippen molar-refractivity contribution in [1.29, 1.82) is 0 Å². The van der Waals surface area contributed by atoms with Crippen molar-refractivity contribution in [1.82, 2.24) is 15.5 Å². The first-order chi connectivity index (χ1) is 14.7. The lowest BCUT2D eigenvalue weighted by Gasteiger charge is -2.26. The second kappa shape index (κ2) is 14.3. The lowest BCUT2D eigenvalue weighted by Crippen LogP contribution is -2.38. The van der Waals surface area contributed by atoms with Crippen LogP contribution in [0.15, 0.2) is 53.5 Å². The van der Waals surface area contributed by atoms with Crippen LogP contribution in [0.5, 0.6) is 5.75 Å². The quantitative estimate of drug-likeness (QED) is 0.291. The van der Waals surface area contributed by atoms with E-state index in [9.17, 15) is 0 Å². The van der Waals surface area contributed by atoms with Crippen LogP contribution in [0.1, 0.15) is 23.6 Å². The number of rotatable bonds is 9. The SMILES string of the molecule is CCNC(=NCc1cccc(C)c1)NCc1cccc(OCCN2CCOCC2)c1.I. The zero-order valence-electron chi connectivity index (χ0n) is 18.6. The summed E-state index contributed by atoms with van der Waals surface area (Å²) in [6, 6.07) is 16.7. The van der Waals surface area contributed by atoms with Gasteiger partial charge in [0.2, 0.25) is 0 Å². The van der Waals surface area contributed by atoms with Gasteiger partial charge in [0.15, 0.2) is 5.96 Å². The summed E-state index contributed by atoms with van der Waals surface area (Å²) in [7, 11) is 0. The Kier molecular flexibility index (Phi) is 11.7. The maximum Gasteiger partial charge on any atom is 0.191 e. The largest absolute Gasteiger partial charge is 0.492 e. The van der Waals surface area contributed by atoms with Gasteiger partial charge in [0.1, 0.15) is 12.4 Å². The molecule has 0 aliphatic carbocycles. The average molecular weight is 538 g/mol. The Labute approximate surface area is 203 Å². The Morgan fingerprint density at radius 2 is 1.84 bits per heavy atom. The molecule has 0 unspecified atom stereocenters. The third-order valence-electron chi connectivity index (χ3n) is 4.98. The molecule has 170 valence electrons. The molecule has 0 atom stereocenters. The van der Waals surface area contributed by atoms with Gasteiger partial charge in [-0.2, -0.15) is 0 Å². The molecule has 6 nitrogen and oxygen atoms in total. The molecule has 0 radical (unpaired) electrons. The Morgan fingerprint density at radius 1 is 1.06 bits per heavy atom. The third-order valence-corrected chi connectivity index (χ3v) is 4.98. The van der Waals surface area contributed by atoms with E-state index in [4.69, 9.17) is 14.5 Å². The number of nitrogens with one attached hydrogen (secondary N) is 2. The van der Waals surface area contributed by atoms with Gasteiger partial charge >= 0.3 is 0 Å². The summed E-state index contributed by atoms with van der Waals surface area (Å²) >= 11 is 0. The van der Waals surface area contributed by atoms with Crippen molar-refractivity contribution in [2.45, 2.75) is 26.9 Å². The standard InChI is InChI=1S/C24H34N4O2.HI/c1-3-25-24(26-18-21-7-4-6-20(2)16-21)27-19-22-8-5-9-23(17-22)30-15-12-28-10-13-29-14-11-28;/h4-9,16-17H,3,10-15,18-19H2,1-2H3,(H2,25,26,27);1H. The summed E-state index contributed by atoms with van der Waals surface area (Å²) in [5.41, 5.74) is 3.63. The van der Waals surface area contributed by atoms with Crippen molar-refractivity contribution >= 4 is 29.9 Å². The number of aliphatic imine (C=N–C) groups is 1. The summed E-state index contributed by atoms with van der Waals surface area (Å²) < 4.78 is 11.4. The molecule has 2 aromatic carbocycles. The van der Waals surface area contributed by atoms with Crippen LogP contribution in [0, 0.1) is 6.92 Å². The van der Waals surface area contributed by atoms with Gasteiger partial charge in [-0.05, 0) is 37.1 Å². The van der Waals surface area contributed by atoms with Crippen LogP contribution < -0.4 is 15.4 Å². The second-order valence-electron chi connectivity index (χ2n) is 7.49. The Morgan fingerprint density at radius 3 is 2.61 bits per heavy atom. The Balaban J connectivity index is 0.00000341. The van der Waals surface area contributed by atoms with Gasteiger partial charge in [0.05, 0.1) is 19.8 Å². The highest BCUT2D eigenvalue weighted by Crippen LogP contribution is 2.13. The normalized spacial score (nSPS) is 14.6. The van der Waals surface area contributed by atoms with Crippen molar-refractivity contribution in [3.05, 3.63) is 65.2 Å². The molecule has 7 heteroatoms. The van der Waals surface area contributed by atoms with Crippen molar-refractivity contribution in [3.8, 4) is 5.75 Å². The van der Waals surface area contributed by atoms with Crippen molar-refractivity contribution in [2.24, 2.45) is 4.99 Å². The average Bonchev–Trinajstić information content (AvgIpc) is 2.77. The zero-order chi connectivity index (χ0) is 21.0. The summed E-state index contributed by atoms with van der Waals surface area (Å²) in [6.07, 6.45) is 0. The molecule has 1 aliphatic rings. The lowest BCUT2D eigenvalue weighted by molar-refractivity contribution is 0.0322. The Hall–Kier alpha value is -1.84. The third kappa shape index (κ3) is 9.45. The van der Waals surface area contributed by atoms with E-state index in [-0.39, 0.29) is 24.0 Å². The highest BCUT2D eigenvalue weighted by molar-refractivity contribution is 14.0. The molecule has 1 fully saturated rings. The van der Waals surface area contributed by atoms with Crippen LogP contribution in [-0.4, -0.2) is 56.9 Å². The van der Waals surface area contributed by atoms with Crippen molar-refractivity contribution < 1.29 is 9.47 Å². The number of aryl methyl sites for hydroxylation is 1. The first kappa shape index (κ1) is 25.4. The van der Waals surface area contributed by atoms with Crippen LogP contribution in [0.25, 0.3) is 0 Å². The van der Waals surface area contributed by atoms with Gasteiger partial charge in [-0.3, -0.25) is 4.90 Å². The molecule has 0 bridgehead atoms. The smallest absolute Gasteiger partial charge is 0.191 e. The summed E-state index contributed by atoms with van der Waals surface area (Å²) in [5, 5.41) is 6.73. The molecule has 1 heterocycles. The number of benzene rings is 2. The van der Waals surface area contributed by atoms with E-state index in [0.717, 1.165) is 51.1 Å². The molecular formula is C24H35IN4O2. The molecular weight excluding hydrogens is 503 g/mol. The first-order valence-electron chi connectivity index (χ1n) is 10.8. The van der Waals surface area contributed by atoms with Gasteiger partial charge < -0.3 is 20.1 Å². The summed E-state index contributed by atoms with van der Waals surface area (Å²) in [5.74, 6) is 1.72. The van der Waals surface area contributed by atoms with Crippen LogP contribution in [-0.2, 0) is 17.8 Å². The maximum absolute atomic E-state index is 5.96. The summed E-state index contributed by atoms with van der Waals surface area (Å²) in [6.45, 7) is 11.6. The molecule has 2 aromatic rings. The monoisotopic (exact) mass is 538 g/mol. The number of nitrogens with zero attached hydrogens (tertiary/aromatic N) is 2. The molecule has 31 heavy (non-hydrogen) atoms. The fourth-order valence-electron chi connectivity index (χ4n) is 3.37. The minimum absolute atomic E-state index is 0. The second-order valence-corrected chi connectivity index (χ2v) is 7.49. The fourth-order valence-corrected chi connectivity index (χ4v) is 3.37. The van der Waals surface area contributed by atoms with E-state index >= 15 is 0 Å². The van der Waals surface area contributed by atoms with Crippen LogP contribution >= 0.6 is 24.0 Å². The highest BCUT2D eigenvalue weighted by atomic mass is 127. The molecule has 1 saturated heterocycles. The van der Waals surface area contributed by atoms with E-state index in [1.807, 2.05) is 12.1 Å². The number of hydrogen-bond donors (Lipinski definition) is 2. The lowest BCUT2D eigenvalue weighted by atomic mass is 10.1. The number of guanidine groups is 1. The van der Waals surface area contributed by atoms with Crippen molar-refractivity contribution in [3.63, 3.8) is 0 Å². The van der Waals surface area contributed by atoms with E-state index < -0.39 is 0 Å². The maximum atomic E-state index is 5.96. The van der Waals surface area contributed by atoms with E-state index in [2.05, 4.69) is 65.8 Å². The Bertz CT molecular complexity index is 810. The number of hydrogen-bond acceptors (Lipinski definition) is 4. The van der Waals surface area contributed by atoms with Crippen LogP contribution in [0.4, 0.5) is 0 Å². The molecule has 0 saturated carbocycles. The molecule has 1 aliphatic heterocycles. The summed E-state index contributed by atoms with van der Waals surface area (Å²) in [4.78, 5) is 7.09. The van der Waals surface area contributed by atoms with Gasteiger partial charge in [0.25, 0.3) is 0 Å². The predicted octanol–water partition coefficient (Wildman–Crippen LogP) is 3.58.